The second-order valence-electron chi connectivity index (χ2n) is 5.70. The molecule has 1 aliphatic heterocycles. The van der Waals surface area contributed by atoms with E-state index in [2.05, 4.69) is 0 Å². The molecule has 0 radical (unpaired) electrons. The summed E-state index contributed by atoms with van der Waals surface area (Å²) >= 11 is 0. The van der Waals surface area contributed by atoms with Crippen LogP contribution >= 0.6 is 0 Å². The Labute approximate surface area is 142 Å². The number of para-hydroxylation sites is 1. The highest BCUT2D eigenvalue weighted by Gasteiger charge is 2.25. The van der Waals surface area contributed by atoms with Gasteiger partial charge in [-0.2, -0.15) is 0 Å². The third-order valence-corrected chi connectivity index (χ3v) is 5.81. The lowest BCUT2D eigenvalue weighted by Crippen LogP contribution is -2.26. The molecule has 1 atom stereocenters. The van der Waals surface area contributed by atoms with Crippen molar-refractivity contribution < 1.29 is 17.9 Å². The van der Waals surface area contributed by atoms with Crippen LogP contribution in [0.4, 0.5) is 5.69 Å². The van der Waals surface area contributed by atoms with E-state index in [0.717, 1.165) is 12.0 Å². The lowest BCUT2D eigenvalue weighted by Gasteiger charge is -2.20. The molecule has 5 nitrogen and oxygen atoms in total. The number of epoxide rings is 1. The molecule has 1 saturated heterocycles. The zero-order chi connectivity index (χ0) is 17.2. The van der Waals surface area contributed by atoms with Gasteiger partial charge in [-0.05, 0) is 30.2 Å². The van der Waals surface area contributed by atoms with Crippen LogP contribution in [0.2, 0.25) is 0 Å². The van der Waals surface area contributed by atoms with Crippen molar-refractivity contribution in [3.8, 4) is 5.75 Å². The lowest BCUT2D eigenvalue weighted by molar-refractivity contribution is 0.260. The molecule has 1 fully saturated rings. The first-order valence-corrected chi connectivity index (χ1v) is 9.37. The predicted octanol–water partition coefficient (Wildman–Crippen LogP) is 2.85. The Balaban J connectivity index is 1.90. The molecule has 0 bridgehead atoms. The zero-order valence-corrected chi connectivity index (χ0v) is 14.6. The molecule has 128 valence electrons. The summed E-state index contributed by atoms with van der Waals surface area (Å²) in [6.07, 6.45) is 0.900. The lowest BCUT2D eigenvalue weighted by atomic mass is 10.1. The van der Waals surface area contributed by atoms with Gasteiger partial charge in [0.1, 0.15) is 18.5 Å². The fourth-order valence-corrected chi connectivity index (χ4v) is 3.62. The fraction of sp³-hybridized carbons (Fsp3) is 0.333. The first-order chi connectivity index (χ1) is 11.5. The van der Waals surface area contributed by atoms with Crippen LogP contribution in [0.15, 0.2) is 53.4 Å². The molecule has 1 heterocycles. The molecule has 1 unspecified atom stereocenters. The Morgan fingerprint density at radius 1 is 1.21 bits per heavy atom. The number of ether oxygens (including phenoxy) is 2. The fourth-order valence-electron chi connectivity index (χ4n) is 2.40. The third-order valence-electron chi connectivity index (χ3n) is 4.02. The van der Waals surface area contributed by atoms with Gasteiger partial charge in [-0.25, -0.2) is 8.42 Å². The van der Waals surface area contributed by atoms with E-state index in [1.165, 1.54) is 4.31 Å². The topological polar surface area (TPSA) is 59.1 Å². The number of anilines is 1. The van der Waals surface area contributed by atoms with Crippen LogP contribution in [0.3, 0.4) is 0 Å². The van der Waals surface area contributed by atoms with Crippen LogP contribution in [-0.2, 0) is 21.2 Å². The summed E-state index contributed by atoms with van der Waals surface area (Å²) in [7, 11) is -2.09. The summed E-state index contributed by atoms with van der Waals surface area (Å²) in [6.45, 7) is 3.17. The van der Waals surface area contributed by atoms with Gasteiger partial charge in [0.05, 0.1) is 17.2 Å². The van der Waals surface area contributed by atoms with Crippen molar-refractivity contribution >= 4 is 15.7 Å². The predicted molar refractivity (Wildman–Crippen MR) is 93.1 cm³/mol. The normalized spacial score (nSPS) is 16.7. The second-order valence-corrected chi connectivity index (χ2v) is 7.67. The van der Waals surface area contributed by atoms with Crippen molar-refractivity contribution in [2.45, 2.75) is 24.3 Å². The summed E-state index contributed by atoms with van der Waals surface area (Å²) in [5, 5.41) is 0. The van der Waals surface area contributed by atoms with Gasteiger partial charge in [0.25, 0.3) is 10.0 Å². The molecule has 24 heavy (non-hydrogen) atoms. The Kier molecular flexibility index (Phi) is 4.78. The maximum Gasteiger partial charge on any atom is 0.264 e. The van der Waals surface area contributed by atoms with Crippen LogP contribution in [-0.4, -0.2) is 34.8 Å². The van der Waals surface area contributed by atoms with Crippen LogP contribution in [0.1, 0.15) is 12.5 Å². The highest BCUT2D eigenvalue weighted by Crippen LogP contribution is 2.28. The molecule has 0 saturated carbocycles. The number of nitrogens with zero attached hydrogens (tertiary/aromatic N) is 1. The standard InChI is InChI=1S/C18H21NO4S/c1-3-14-9-10-17(11-18(14)23-13-16-12-22-16)24(20,21)19(2)15-7-5-4-6-8-15/h4-11,16H,3,12-13H2,1-2H3. The smallest absolute Gasteiger partial charge is 0.264 e. The maximum atomic E-state index is 12.9. The SMILES string of the molecule is CCc1ccc(S(=O)(=O)N(C)c2ccccc2)cc1OCC1CO1. The Morgan fingerprint density at radius 2 is 1.92 bits per heavy atom. The highest BCUT2D eigenvalue weighted by molar-refractivity contribution is 7.92. The summed E-state index contributed by atoms with van der Waals surface area (Å²) < 4.78 is 38.0. The van der Waals surface area contributed by atoms with E-state index in [9.17, 15) is 8.42 Å². The van der Waals surface area contributed by atoms with Crippen molar-refractivity contribution in [3.63, 3.8) is 0 Å². The molecule has 3 rings (SSSR count). The molecule has 0 N–H and O–H groups in total. The average Bonchev–Trinajstić information content (AvgIpc) is 3.44. The monoisotopic (exact) mass is 347 g/mol. The van der Waals surface area contributed by atoms with Crippen molar-refractivity contribution in [2.75, 3.05) is 24.6 Å². The first kappa shape index (κ1) is 16.8. The minimum absolute atomic E-state index is 0.127. The van der Waals surface area contributed by atoms with E-state index in [1.54, 1.807) is 31.3 Å². The van der Waals surface area contributed by atoms with Gasteiger partial charge in [-0.1, -0.05) is 31.2 Å². The van der Waals surface area contributed by atoms with E-state index in [1.807, 2.05) is 31.2 Å². The zero-order valence-electron chi connectivity index (χ0n) is 13.8. The molecule has 2 aromatic carbocycles. The molecular formula is C18H21NO4S. The molecule has 1 aliphatic rings. The van der Waals surface area contributed by atoms with Crippen molar-refractivity contribution in [1.82, 2.24) is 0 Å². The summed E-state index contributed by atoms with van der Waals surface area (Å²) in [5.41, 5.74) is 1.60. The second kappa shape index (κ2) is 6.83. The molecule has 0 aromatic heterocycles. The van der Waals surface area contributed by atoms with E-state index in [0.29, 0.717) is 24.7 Å². The Hall–Kier alpha value is -2.05. The van der Waals surface area contributed by atoms with Gasteiger partial charge >= 0.3 is 0 Å². The van der Waals surface area contributed by atoms with Crippen LogP contribution in [0, 0.1) is 0 Å². The van der Waals surface area contributed by atoms with Crippen LogP contribution in [0.5, 0.6) is 5.75 Å². The summed E-state index contributed by atoms with van der Waals surface area (Å²) in [5.74, 6) is 0.607. The average molecular weight is 347 g/mol. The van der Waals surface area contributed by atoms with Crippen LogP contribution < -0.4 is 9.04 Å². The quantitative estimate of drug-likeness (QED) is 0.723. The van der Waals surface area contributed by atoms with Crippen molar-refractivity contribution in [2.24, 2.45) is 0 Å². The number of hydrogen-bond acceptors (Lipinski definition) is 4. The van der Waals surface area contributed by atoms with Gasteiger partial charge in [0.15, 0.2) is 0 Å². The van der Waals surface area contributed by atoms with E-state index < -0.39 is 10.0 Å². The maximum absolute atomic E-state index is 12.9. The number of rotatable bonds is 7. The van der Waals surface area contributed by atoms with Gasteiger partial charge in [-0.15, -0.1) is 0 Å². The summed E-state index contributed by atoms with van der Waals surface area (Å²) in [6, 6.07) is 14.1. The number of benzene rings is 2. The van der Waals surface area contributed by atoms with E-state index >= 15 is 0 Å². The van der Waals surface area contributed by atoms with Gasteiger partial charge < -0.3 is 9.47 Å². The largest absolute Gasteiger partial charge is 0.490 e. The minimum atomic E-state index is -3.64. The molecule has 2 aromatic rings. The Bertz CT molecular complexity index is 801. The van der Waals surface area contributed by atoms with Crippen molar-refractivity contribution in [3.05, 3.63) is 54.1 Å². The molecule has 0 aliphatic carbocycles. The van der Waals surface area contributed by atoms with Gasteiger partial charge in [0, 0.05) is 13.1 Å². The number of sulfonamides is 1. The molecular weight excluding hydrogens is 326 g/mol. The van der Waals surface area contributed by atoms with E-state index in [-0.39, 0.29) is 11.0 Å². The van der Waals surface area contributed by atoms with Gasteiger partial charge in [-0.3, -0.25) is 4.31 Å². The van der Waals surface area contributed by atoms with Crippen LogP contribution in [0.25, 0.3) is 0 Å². The number of hydrogen-bond donors (Lipinski definition) is 0. The highest BCUT2D eigenvalue weighted by atomic mass is 32.2. The first-order valence-electron chi connectivity index (χ1n) is 7.93. The molecule has 0 spiro atoms. The number of aryl methyl sites for hydroxylation is 1. The molecule has 6 heteroatoms. The third kappa shape index (κ3) is 3.55. The van der Waals surface area contributed by atoms with Gasteiger partial charge in [0.2, 0.25) is 0 Å². The van der Waals surface area contributed by atoms with Crippen molar-refractivity contribution in [1.29, 1.82) is 0 Å². The van der Waals surface area contributed by atoms with E-state index in [4.69, 9.17) is 9.47 Å². The minimum Gasteiger partial charge on any atom is -0.490 e. The molecule has 0 amide bonds. The summed E-state index contributed by atoms with van der Waals surface area (Å²) in [4.78, 5) is 0.220. The Morgan fingerprint density at radius 3 is 2.54 bits per heavy atom.